The molecule has 22 heavy (non-hydrogen) atoms. The van der Waals surface area contributed by atoms with Gasteiger partial charge in [-0.05, 0) is 51.6 Å². The predicted octanol–water partition coefficient (Wildman–Crippen LogP) is 1.67. The van der Waals surface area contributed by atoms with Gasteiger partial charge in [-0.15, -0.1) is 0 Å². The van der Waals surface area contributed by atoms with E-state index in [1.165, 1.54) is 32.1 Å². The third-order valence-corrected chi connectivity index (χ3v) is 4.90. The maximum absolute atomic E-state index is 12.0. The molecule has 2 fully saturated rings. The van der Waals surface area contributed by atoms with E-state index in [0.29, 0.717) is 18.9 Å². The van der Waals surface area contributed by atoms with Crippen LogP contribution in [0, 0.1) is 5.92 Å². The minimum Gasteiger partial charge on any atom is -0.353 e. The van der Waals surface area contributed by atoms with Gasteiger partial charge in [-0.3, -0.25) is 9.59 Å². The van der Waals surface area contributed by atoms with Crippen molar-refractivity contribution in [3.63, 3.8) is 0 Å². The van der Waals surface area contributed by atoms with Crippen molar-refractivity contribution in [1.82, 2.24) is 15.5 Å². The van der Waals surface area contributed by atoms with Gasteiger partial charge in [0.15, 0.2) is 0 Å². The number of amides is 2. The van der Waals surface area contributed by atoms with Crippen molar-refractivity contribution in [2.45, 2.75) is 64.3 Å². The van der Waals surface area contributed by atoms with Crippen molar-refractivity contribution in [2.75, 3.05) is 26.2 Å². The van der Waals surface area contributed by atoms with E-state index in [1.807, 2.05) is 0 Å². The topological polar surface area (TPSA) is 61.4 Å². The SMILES string of the molecule is CC(NC(=O)CC1CCCCC1)C(=O)NCCN1CCCC1. The van der Waals surface area contributed by atoms with Crippen molar-refractivity contribution < 1.29 is 9.59 Å². The Bertz CT molecular complexity index is 361. The van der Waals surface area contributed by atoms with E-state index in [1.54, 1.807) is 6.92 Å². The molecule has 1 heterocycles. The molecule has 1 saturated heterocycles. The minimum absolute atomic E-state index is 0.0223. The monoisotopic (exact) mass is 309 g/mol. The molecule has 1 atom stereocenters. The Morgan fingerprint density at radius 1 is 1.09 bits per heavy atom. The van der Waals surface area contributed by atoms with E-state index in [9.17, 15) is 9.59 Å². The third kappa shape index (κ3) is 5.95. The van der Waals surface area contributed by atoms with Crippen molar-refractivity contribution in [3.8, 4) is 0 Å². The van der Waals surface area contributed by atoms with Gasteiger partial charge in [-0.25, -0.2) is 0 Å². The molecule has 126 valence electrons. The van der Waals surface area contributed by atoms with Gasteiger partial charge in [0.2, 0.25) is 11.8 Å². The number of nitrogens with one attached hydrogen (secondary N) is 2. The molecule has 2 N–H and O–H groups in total. The number of likely N-dealkylation sites (tertiary alicyclic amines) is 1. The van der Waals surface area contributed by atoms with Gasteiger partial charge in [0.1, 0.15) is 6.04 Å². The van der Waals surface area contributed by atoms with Crippen molar-refractivity contribution in [1.29, 1.82) is 0 Å². The molecule has 5 nitrogen and oxygen atoms in total. The summed E-state index contributed by atoms with van der Waals surface area (Å²) >= 11 is 0. The lowest BCUT2D eigenvalue weighted by atomic mass is 9.87. The summed E-state index contributed by atoms with van der Waals surface area (Å²) in [5, 5.41) is 5.76. The molecule has 1 aliphatic heterocycles. The van der Waals surface area contributed by atoms with Crippen LogP contribution in [-0.4, -0.2) is 48.9 Å². The first-order valence-electron chi connectivity index (χ1n) is 8.94. The molecule has 0 bridgehead atoms. The first kappa shape index (κ1) is 17.3. The molecule has 0 aromatic rings. The van der Waals surface area contributed by atoms with E-state index < -0.39 is 6.04 Å². The smallest absolute Gasteiger partial charge is 0.242 e. The highest BCUT2D eigenvalue weighted by atomic mass is 16.2. The molecule has 0 aromatic heterocycles. The van der Waals surface area contributed by atoms with Gasteiger partial charge in [-0.1, -0.05) is 19.3 Å². The summed E-state index contributed by atoms with van der Waals surface area (Å²) in [4.78, 5) is 26.4. The summed E-state index contributed by atoms with van der Waals surface area (Å²) in [5.41, 5.74) is 0. The van der Waals surface area contributed by atoms with E-state index in [2.05, 4.69) is 15.5 Å². The van der Waals surface area contributed by atoms with Crippen molar-refractivity contribution in [2.24, 2.45) is 5.92 Å². The van der Waals surface area contributed by atoms with Crippen LogP contribution in [0.5, 0.6) is 0 Å². The summed E-state index contributed by atoms with van der Waals surface area (Å²) in [5.74, 6) is 0.462. The van der Waals surface area contributed by atoms with Gasteiger partial charge in [-0.2, -0.15) is 0 Å². The Morgan fingerprint density at radius 3 is 2.45 bits per heavy atom. The van der Waals surface area contributed by atoms with E-state index >= 15 is 0 Å². The molecule has 0 spiro atoms. The standard InChI is InChI=1S/C17H31N3O2/c1-14(17(22)18-9-12-20-10-5-6-11-20)19-16(21)13-15-7-3-2-4-8-15/h14-15H,2-13H2,1H3,(H,18,22)(H,19,21). The zero-order valence-corrected chi connectivity index (χ0v) is 13.9. The molecule has 1 saturated carbocycles. The second-order valence-corrected chi connectivity index (χ2v) is 6.84. The van der Waals surface area contributed by atoms with Crippen LogP contribution >= 0.6 is 0 Å². The predicted molar refractivity (Wildman–Crippen MR) is 87.5 cm³/mol. The fourth-order valence-electron chi connectivity index (χ4n) is 3.52. The Kier molecular flexibility index (Phi) is 7.16. The zero-order valence-electron chi connectivity index (χ0n) is 13.9. The Labute approximate surface area is 134 Å². The highest BCUT2D eigenvalue weighted by Gasteiger charge is 2.20. The van der Waals surface area contributed by atoms with Crippen molar-refractivity contribution in [3.05, 3.63) is 0 Å². The van der Waals surface area contributed by atoms with Crippen LogP contribution < -0.4 is 10.6 Å². The minimum atomic E-state index is -0.435. The Balaban J connectivity index is 1.59. The van der Waals surface area contributed by atoms with Gasteiger partial charge in [0.25, 0.3) is 0 Å². The second-order valence-electron chi connectivity index (χ2n) is 6.84. The van der Waals surface area contributed by atoms with Crippen LogP contribution in [0.15, 0.2) is 0 Å². The number of rotatable bonds is 7. The number of hydrogen-bond donors (Lipinski definition) is 2. The van der Waals surface area contributed by atoms with Gasteiger partial charge < -0.3 is 15.5 Å². The highest BCUT2D eigenvalue weighted by Crippen LogP contribution is 2.26. The fraction of sp³-hybridized carbons (Fsp3) is 0.882. The van der Waals surface area contributed by atoms with Crippen LogP contribution in [0.2, 0.25) is 0 Å². The molecule has 0 radical (unpaired) electrons. The van der Waals surface area contributed by atoms with Gasteiger partial charge in [0, 0.05) is 19.5 Å². The maximum atomic E-state index is 12.0. The summed E-state index contributed by atoms with van der Waals surface area (Å²) in [6.07, 6.45) is 9.20. The quantitative estimate of drug-likeness (QED) is 0.752. The van der Waals surface area contributed by atoms with E-state index in [4.69, 9.17) is 0 Å². The number of hydrogen-bond acceptors (Lipinski definition) is 3. The normalized spacial score (nSPS) is 21.5. The lowest BCUT2D eigenvalue weighted by molar-refractivity contribution is -0.129. The van der Waals surface area contributed by atoms with Crippen molar-refractivity contribution >= 4 is 11.8 Å². The van der Waals surface area contributed by atoms with E-state index in [0.717, 1.165) is 32.5 Å². The largest absolute Gasteiger partial charge is 0.353 e. The average Bonchev–Trinajstić information content (AvgIpc) is 3.01. The summed E-state index contributed by atoms with van der Waals surface area (Å²) < 4.78 is 0. The summed E-state index contributed by atoms with van der Waals surface area (Å²) in [7, 11) is 0. The van der Waals surface area contributed by atoms with Gasteiger partial charge >= 0.3 is 0 Å². The van der Waals surface area contributed by atoms with Crippen LogP contribution in [0.3, 0.4) is 0 Å². The lowest BCUT2D eigenvalue weighted by Crippen LogP contribution is -2.46. The summed E-state index contributed by atoms with van der Waals surface area (Å²) in [6.45, 7) is 5.63. The molecular formula is C17H31N3O2. The molecule has 5 heteroatoms. The molecule has 2 aliphatic rings. The molecule has 2 amide bonds. The molecule has 1 unspecified atom stereocenters. The number of carbonyl (C=O) groups excluding carboxylic acids is 2. The van der Waals surface area contributed by atoms with Crippen LogP contribution in [0.1, 0.15) is 58.3 Å². The van der Waals surface area contributed by atoms with Crippen LogP contribution in [-0.2, 0) is 9.59 Å². The van der Waals surface area contributed by atoms with Crippen LogP contribution in [0.4, 0.5) is 0 Å². The molecule has 1 aliphatic carbocycles. The second kappa shape index (κ2) is 9.13. The Morgan fingerprint density at radius 2 is 1.77 bits per heavy atom. The van der Waals surface area contributed by atoms with Crippen LogP contribution in [0.25, 0.3) is 0 Å². The number of nitrogens with zero attached hydrogens (tertiary/aromatic N) is 1. The maximum Gasteiger partial charge on any atom is 0.242 e. The zero-order chi connectivity index (χ0) is 15.8. The first-order valence-corrected chi connectivity index (χ1v) is 8.94. The lowest BCUT2D eigenvalue weighted by Gasteiger charge is -2.22. The summed E-state index contributed by atoms with van der Waals surface area (Å²) in [6, 6.07) is -0.435. The fourth-order valence-corrected chi connectivity index (χ4v) is 3.52. The first-order chi connectivity index (χ1) is 10.6. The molecule has 2 rings (SSSR count). The average molecular weight is 309 g/mol. The van der Waals surface area contributed by atoms with Gasteiger partial charge in [0.05, 0.1) is 0 Å². The highest BCUT2D eigenvalue weighted by molar-refractivity contribution is 5.87. The molecular weight excluding hydrogens is 278 g/mol. The number of carbonyl (C=O) groups is 2. The van der Waals surface area contributed by atoms with E-state index in [-0.39, 0.29) is 11.8 Å². The third-order valence-electron chi connectivity index (χ3n) is 4.90. The Hall–Kier alpha value is -1.10. The molecule has 0 aromatic carbocycles.